The Labute approximate surface area is 174 Å². The summed E-state index contributed by atoms with van der Waals surface area (Å²) >= 11 is 5.96. The lowest BCUT2D eigenvalue weighted by molar-refractivity contribution is -0.132. The predicted molar refractivity (Wildman–Crippen MR) is 112 cm³/mol. The minimum Gasteiger partial charge on any atom is -0.460 e. The second kappa shape index (κ2) is 8.34. The summed E-state index contributed by atoms with van der Waals surface area (Å²) in [7, 11) is 1.70. The Bertz CT molecular complexity index is 887. The number of ether oxygens (including phenoxy) is 1. The highest BCUT2D eigenvalue weighted by molar-refractivity contribution is 6.30. The van der Waals surface area contributed by atoms with Gasteiger partial charge in [0, 0.05) is 10.7 Å². The van der Waals surface area contributed by atoms with Crippen LogP contribution < -0.4 is 20.3 Å². The molecule has 28 heavy (non-hydrogen) atoms. The maximum atomic E-state index is 12.9. The third kappa shape index (κ3) is 4.22. The van der Waals surface area contributed by atoms with Crippen LogP contribution in [-0.2, 0) is 9.59 Å². The topological polar surface area (TPSA) is 83.6 Å². The molecule has 0 aliphatic carbocycles. The molecule has 1 aromatic heterocycles. The molecule has 3 rings (SSSR count). The first-order valence-electron chi connectivity index (χ1n) is 8.51. The lowest BCUT2D eigenvalue weighted by Crippen LogP contribution is -2.50. The van der Waals surface area contributed by atoms with Crippen LogP contribution in [0.25, 0.3) is 0 Å². The van der Waals surface area contributed by atoms with E-state index in [0.717, 1.165) is 0 Å². The van der Waals surface area contributed by atoms with Crippen LogP contribution in [0.15, 0.2) is 36.4 Å². The molecule has 0 saturated heterocycles. The highest BCUT2D eigenvalue weighted by Crippen LogP contribution is 2.41. The number of halogens is 2. The third-order valence-electron chi connectivity index (χ3n) is 4.31. The van der Waals surface area contributed by atoms with Crippen molar-refractivity contribution in [2.75, 3.05) is 17.3 Å². The van der Waals surface area contributed by atoms with Crippen molar-refractivity contribution in [2.24, 2.45) is 0 Å². The van der Waals surface area contributed by atoms with E-state index in [1.54, 1.807) is 69.1 Å². The van der Waals surface area contributed by atoms with Gasteiger partial charge in [-0.3, -0.25) is 14.5 Å². The third-order valence-corrected chi connectivity index (χ3v) is 4.57. The smallest absolute Gasteiger partial charge is 0.275 e. The fourth-order valence-corrected chi connectivity index (χ4v) is 2.75. The second-order valence-electron chi connectivity index (χ2n) is 6.75. The number of pyridine rings is 1. The van der Waals surface area contributed by atoms with Crippen molar-refractivity contribution in [3.63, 3.8) is 0 Å². The lowest BCUT2D eigenvalue weighted by Gasteiger charge is -2.38. The number of carbonyl (C=O) groups is 2. The van der Waals surface area contributed by atoms with Crippen LogP contribution in [-0.4, -0.2) is 35.5 Å². The minimum absolute atomic E-state index is 0. The number of nitrogens with one attached hydrogen (secondary N) is 2. The van der Waals surface area contributed by atoms with Gasteiger partial charge in [-0.1, -0.05) is 11.6 Å². The van der Waals surface area contributed by atoms with Crippen molar-refractivity contribution in [3.8, 4) is 5.88 Å². The molecule has 2 aromatic rings. The number of rotatable bonds is 4. The molecule has 1 aliphatic heterocycles. The number of aromatic nitrogens is 1. The first-order chi connectivity index (χ1) is 12.7. The van der Waals surface area contributed by atoms with Crippen LogP contribution in [0, 0.1) is 0 Å². The first kappa shape index (κ1) is 21.9. The number of fused-ring (bicyclic) bond motifs is 1. The zero-order chi connectivity index (χ0) is 19.8. The van der Waals surface area contributed by atoms with E-state index in [1.807, 2.05) is 0 Å². The number of amides is 2. The van der Waals surface area contributed by atoms with Crippen molar-refractivity contribution in [2.45, 2.75) is 32.4 Å². The van der Waals surface area contributed by atoms with Gasteiger partial charge in [-0.2, -0.15) is 4.98 Å². The fraction of sp³-hybridized carbons (Fsp3) is 0.316. The van der Waals surface area contributed by atoms with E-state index in [4.69, 9.17) is 16.3 Å². The normalized spacial score (nSPS) is 15.8. The van der Waals surface area contributed by atoms with Gasteiger partial charge in [-0.05, 0) is 64.2 Å². The number of hydrogen-bond donors (Lipinski definition) is 2. The maximum absolute atomic E-state index is 12.9. The lowest BCUT2D eigenvalue weighted by atomic mass is 10.0. The molecule has 2 N–H and O–H groups in total. The quantitative estimate of drug-likeness (QED) is 0.783. The average molecular weight is 425 g/mol. The van der Waals surface area contributed by atoms with Crippen LogP contribution in [0.4, 0.5) is 17.2 Å². The van der Waals surface area contributed by atoms with Crippen molar-refractivity contribution in [1.29, 1.82) is 0 Å². The van der Waals surface area contributed by atoms with Gasteiger partial charge in [-0.15, -0.1) is 12.4 Å². The van der Waals surface area contributed by atoms with Crippen LogP contribution in [0.5, 0.6) is 5.88 Å². The van der Waals surface area contributed by atoms with Crippen LogP contribution >= 0.6 is 24.0 Å². The fourth-order valence-electron chi connectivity index (χ4n) is 2.62. The van der Waals surface area contributed by atoms with Gasteiger partial charge in [-0.25, -0.2) is 0 Å². The highest BCUT2D eigenvalue weighted by atomic mass is 35.5. The van der Waals surface area contributed by atoms with Crippen LogP contribution in [0.3, 0.4) is 0 Å². The van der Waals surface area contributed by atoms with Gasteiger partial charge < -0.3 is 15.4 Å². The molecule has 0 saturated carbocycles. The van der Waals surface area contributed by atoms with Crippen molar-refractivity contribution >= 4 is 53.0 Å². The number of nitrogens with zero attached hydrogens (tertiary/aromatic N) is 2. The van der Waals surface area contributed by atoms with Crippen molar-refractivity contribution in [1.82, 2.24) is 10.3 Å². The summed E-state index contributed by atoms with van der Waals surface area (Å²) in [6.07, 6.45) is 0. The van der Waals surface area contributed by atoms with Crippen LogP contribution in [0.1, 0.15) is 20.8 Å². The molecule has 2 amide bonds. The van der Waals surface area contributed by atoms with E-state index >= 15 is 0 Å². The van der Waals surface area contributed by atoms with Crippen molar-refractivity contribution < 1.29 is 14.3 Å². The van der Waals surface area contributed by atoms with Gasteiger partial charge in [0.25, 0.3) is 5.91 Å². The first-order valence-corrected chi connectivity index (χ1v) is 8.89. The summed E-state index contributed by atoms with van der Waals surface area (Å²) in [5.74, 6) is 0.178. The summed E-state index contributed by atoms with van der Waals surface area (Å²) in [4.78, 5) is 31.0. The minimum atomic E-state index is -1.11. The standard InChI is InChI=1S/C19H21ClN4O3.ClH/c1-11(21-4)16(25)22-15-10-9-14-17(23-15)27-19(2,3)18(26)24(14)13-7-5-12(20)6-8-13;/h5-11,21H,1-4H3,(H,22,23,25);1H/t11-;/m0./s1. The Balaban J connectivity index is 0.00000280. The molecule has 0 fully saturated rings. The predicted octanol–water partition coefficient (Wildman–Crippen LogP) is 3.54. The average Bonchev–Trinajstić information content (AvgIpc) is 2.63. The van der Waals surface area contributed by atoms with Gasteiger partial charge in [0.1, 0.15) is 11.5 Å². The number of anilines is 3. The largest absolute Gasteiger partial charge is 0.460 e. The van der Waals surface area contributed by atoms with E-state index < -0.39 is 5.60 Å². The molecule has 0 bridgehead atoms. The molecular weight excluding hydrogens is 403 g/mol. The second-order valence-corrected chi connectivity index (χ2v) is 7.19. The Hall–Kier alpha value is -2.35. The molecule has 0 radical (unpaired) electrons. The number of carbonyl (C=O) groups excluding carboxylic acids is 2. The summed E-state index contributed by atoms with van der Waals surface area (Å²) in [5, 5.41) is 6.17. The van der Waals surface area contributed by atoms with E-state index in [0.29, 0.717) is 22.2 Å². The number of likely N-dealkylation sites (N-methyl/N-ethyl adjacent to an activating group) is 1. The van der Waals surface area contributed by atoms with Gasteiger partial charge in [0.2, 0.25) is 11.8 Å². The van der Waals surface area contributed by atoms with Crippen LogP contribution in [0.2, 0.25) is 5.02 Å². The molecule has 1 aromatic carbocycles. The summed E-state index contributed by atoms with van der Waals surface area (Å²) in [5.41, 5.74) is 0.0475. The van der Waals surface area contributed by atoms with Gasteiger partial charge >= 0.3 is 0 Å². The Morgan fingerprint density at radius 1 is 1.21 bits per heavy atom. The zero-order valence-electron chi connectivity index (χ0n) is 15.9. The number of hydrogen-bond acceptors (Lipinski definition) is 5. The molecule has 0 unspecified atom stereocenters. The molecule has 2 heterocycles. The molecule has 0 spiro atoms. The maximum Gasteiger partial charge on any atom is 0.275 e. The number of benzene rings is 1. The van der Waals surface area contributed by atoms with E-state index in [-0.39, 0.29) is 36.1 Å². The SMILES string of the molecule is CN[C@@H](C)C(=O)Nc1ccc2c(n1)OC(C)(C)C(=O)N2c1ccc(Cl)cc1.Cl. The monoisotopic (exact) mass is 424 g/mol. The highest BCUT2D eigenvalue weighted by Gasteiger charge is 2.42. The molecule has 150 valence electrons. The summed E-state index contributed by atoms with van der Waals surface area (Å²) < 4.78 is 5.82. The Kier molecular flexibility index (Phi) is 6.54. The zero-order valence-corrected chi connectivity index (χ0v) is 17.5. The Morgan fingerprint density at radius 3 is 2.46 bits per heavy atom. The molecule has 1 aliphatic rings. The van der Waals surface area contributed by atoms with Crippen molar-refractivity contribution in [3.05, 3.63) is 41.4 Å². The Morgan fingerprint density at radius 2 is 1.86 bits per heavy atom. The summed E-state index contributed by atoms with van der Waals surface area (Å²) in [6, 6.07) is 9.92. The molecular formula is C19H22Cl2N4O3. The molecule has 7 nitrogen and oxygen atoms in total. The summed E-state index contributed by atoms with van der Waals surface area (Å²) in [6.45, 7) is 5.10. The van der Waals surface area contributed by atoms with Gasteiger partial charge in [0.05, 0.1) is 6.04 Å². The van der Waals surface area contributed by atoms with E-state index in [1.165, 1.54) is 0 Å². The molecule has 9 heteroatoms. The molecule has 1 atom stereocenters. The van der Waals surface area contributed by atoms with Gasteiger partial charge in [0.15, 0.2) is 5.60 Å². The van der Waals surface area contributed by atoms with E-state index in [9.17, 15) is 9.59 Å². The van der Waals surface area contributed by atoms with E-state index in [2.05, 4.69) is 15.6 Å².